The van der Waals surface area contributed by atoms with E-state index in [-0.39, 0.29) is 62.9 Å². The van der Waals surface area contributed by atoms with Crippen molar-refractivity contribution in [3.8, 4) is 0 Å². The van der Waals surface area contributed by atoms with Crippen LogP contribution in [0.4, 0.5) is 0 Å². The van der Waals surface area contributed by atoms with Gasteiger partial charge in [-0.2, -0.15) is 0 Å². The largest absolute Gasteiger partial charge is 0.481 e. The van der Waals surface area contributed by atoms with Crippen molar-refractivity contribution < 1.29 is 29.0 Å². The lowest BCUT2D eigenvalue weighted by Gasteiger charge is -2.72. The van der Waals surface area contributed by atoms with Crippen LogP contribution < -0.4 is 10.6 Å². The Bertz CT molecular complexity index is 1540. The van der Waals surface area contributed by atoms with Crippen molar-refractivity contribution in [3.63, 3.8) is 0 Å². The molecule has 290 valence electrons. The van der Waals surface area contributed by atoms with E-state index >= 15 is 0 Å². The van der Waals surface area contributed by atoms with Gasteiger partial charge in [0.05, 0.1) is 17.9 Å². The Morgan fingerprint density at radius 3 is 2.23 bits per heavy atom. The number of aliphatic carboxylic acids is 1. The highest BCUT2D eigenvalue weighted by Gasteiger charge is 2.70. The number of fused-ring (bicyclic) bond motifs is 7. The first kappa shape index (κ1) is 38.1. The van der Waals surface area contributed by atoms with Crippen molar-refractivity contribution in [1.82, 2.24) is 10.6 Å². The first-order valence-electron chi connectivity index (χ1n) is 21.0. The molecule has 1 aliphatic heterocycles. The third kappa shape index (κ3) is 5.35. The zero-order valence-corrected chi connectivity index (χ0v) is 33.7. The molecule has 0 radical (unpaired) electrons. The molecule has 11 atom stereocenters. The molecule has 0 bridgehead atoms. The highest BCUT2D eigenvalue weighted by atomic mass is 16.5. The Kier molecular flexibility index (Phi) is 9.27. The first-order chi connectivity index (χ1) is 24.2. The van der Waals surface area contributed by atoms with Gasteiger partial charge in [0.15, 0.2) is 5.78 Å². The molecule has 8 nitrogen and oxygen atoms in total. The molecule has 0 aromatic heterocycles. The summed E-state index contributed by atoms with van der Waals surface area (Å²) in [6.07, 6.45) is 12.1. The van der Waals surface area contributed by atoms with Crippen LogP contribution in [0.25, 0.3) is 0 Å². The Balaban J connectivity index is 1.12. The molecule has 1 amide bonds. The number of carboxylic acid groups (broad SMARTS) is 1. The lowest BCUT2D eigenvalue weighted by atomic mass is 9.33. The van der Waals surface area contributed by atoms with Crippen LogP contribution in [0.15, 0.2) is 11.1 Å². The molecule has 6 aliphatic carbocycles. The number of carbonyl (C=O) groups excluding carboxylic acids is 3. The molecule has 3 N–H and O–H groups in total. The minimum Gasteiger partial charge on any atom is -0.481 e. The highest BCUT2D eigenvalue weighted by Crippen LogP contribution is 2.77. The van der Waals surface area contributed by atoms with E-state index in [1.54, 1.807) is 0 Å². The zero-order chi connectivity index (χ0) is 37.8. The first-order valence-corrected chi connectivity index (χ1v) is 21.0. The zero-order valence-electron chi connectivity index (χ0n) is 33.7. The molecule has 52 heavy (non-hydrogen) atoms. The summed E-state index contributed by atoms with van der Waals surface area (Å²) in [5.41, 5.74) is 1.97. The van der Waals surface area contributed by atoms with E-state index in [9.17, 15) is 24.3 Å². The maximum atomic E-state index is 14.0. The van der Waals surface area contributed by atoms with Gasteiger partial charge >= 0.3 is 11.9 Å². The average molecular weight is 721 g/mol. The van der Waals surface area contributed by atoms with Crippen molar-refractivity contribution in [3.05, 3.63) is 11.1 Å². The fourth-order valence-corrected chi connectivity index (χ4v) is 14.7. The van der Waals surface area contributed by atoms with Crippen LogP contribution in [0, 0.1) is 68.0 Å². The van der Waals surface area contributed by atoms with Gasteiger partial charge in [-0.3, -0.25) is 19.2 Å². The van der Waals surface area contributed by atoms with Crippen molar-refractivity contribution in [2.75, 3.05) is 13.1 Å². The number of carbonyl (C=O) groups is 4. The number of Topliss-reactive ketones (excluding diaryl/α,β-unsaturated/α-hetero) is 1. The van der Waals surface area contributed by atoms with Gasteiger partial charge in [0.1, 0.15) is 6.10 Å². The molecule has 1 saturated heterocycles. The van der Waals surface area contributed by atoms with Crippen LogP contribution in [0.5, 0.6) is 0 Å². The summed E-state index contributed by atoms with van der Waals surface area (Å²) in [7, 11) is 0. The minimum absolute atomic E-state index is 0.0778. The summed E-state index contributed by atoms with van der Waals surface area (Å²) in [4.78, 5) is 52.3. The summed E-state index contributed by atoms with van der Waals surface area (Å²) in [5, 5.41) is 16.2. The summed E-state index contributed by atoms with van der Waals surface area (Å²) in [5.74, 6) is 0.0993. The molecule has 0 aromatic carbocycles. The molecule has 7 aliphatic rings. The lowest BCUT2D eigenvalue weighted by Crippen LogP contribution is -2.66. The molecule has 8 heteroatoms. The maximum absolute atomic E-state index is 14.0. The van der Waals surface area contributed by atoms with Crippen molar-refractivity contribution >= 4 is 23.6 Å². The van der Waals surface area contributed by atoms with E-state index in [1.165, 1.54) is 5.57 Å². The molecular weight excluding hydrogens is 652 g/mol. The Morgan fingerprint density at radius 2 is 1.60 bits per heavy atom. The van der Waals surface area contributed by atoms with Gasteiger partial charge < -0.3 is 20.5 Å². The Labute approximate surface area is 312 Å². The van der Waals surface area contributed by atoms with Crippen LogP contribution in [-0.2, 0) is 23.9 Å². The van der Waals surface area contributed by atoms with Crippen LogP contribution in [0.3, 0.4) is 0 Å². The minimum atomic E-state index is -0.822. The molecular formula is C44H68N2O6. The number of hydrogen-bond donors (Lipinski definition) is 3. The second-order valence-electron chi connectivity index (χ2n) is 21.0. The third-order valence-electron chi connectivity index (χ3n) is 17.9. The van der Waals surface area contributed by atoms with E-state index in [2.05, 4.69) is 59.1 Å². The molecule has 6 fully saturated rings. The number of amides is 1. The summed E-state index contributed by atoms with van der Waals surface area (Å²) < 4.78 is 6.41. The van der Waals surface area contributed by atoms with E-state index in [0.717, 1.165) is 82.7 Å². The van der Waals surface area contributed by atoms with Crippen LogP contribution in [-0.4, -0.2) is 54.0 Å². The lowest BCUT2D eigenvalue weighted by molar-refractivity contribution is -0.236. The molecule has 0 aromatic rings. The molecule has 5 saturated carbocycles. The summed E-state index contributed by atoms with van der Waals surface area (Å²) in [6.45, 7) is 22.1. The standard InChI is InChI=1S/C44H68N2O6/c1-25(2)34-30(47)24-44(20-22-46-36(48)29-11-10-21-45-29)19-18-42(8)26(35(34)44)12-13-32-41(7)16-15-33(40(5,6)31(41)14-17-43(32,42)9)52-38(51)28-23-27(37(49)50)39(28,3)4/h25-29,31-33,45H,10-24H2,1-9H3,(H,46,48)(H,49,50)/t26-,27+,28-,29+,31+,32-,33+,41+,42-,43-,44-/m1/s1. The summed E-state index contributed by atoms with van der Waals surface area (Å²) >= 11 is 0. The van der Waals surface area contributed by atoms with Crippen molar-refractivity contribution in [1.29, 1.82) is 0 Å². The van der Waals surface area contributed by atoms with Crippen LogP contribution >= 0.6 is 0 Å². The SMILES string of the molecule is CC(C)C1=C2[C@H]3CC[C@@H]4[C@@]5(C)CC[C@H](OC(=O)[C@H]6C[C@@H](C(=O)O)C6(C)C)C(C)(C)[C@@H]5CC[C@@]4(C)[C@]3(C)CC[C@@]2(CCNC(=O)[C@@H]2CCCN2)CC1=O. The van der Waals surface area contributed by atoms with Crippen molar-refractivity contribution in [2.24, 2.45) is 68.0 Å². The highest BCUT2D eigenvalue weighted by molar-refractivity contribution is 6.00. The normalized spacial score (nSPS) is 44.6. The fraction of sp³-hybridized carbons (Fsp3) is 0.864. The molecule has 1 heterocycles. The van der Waals surface area contributed by atoms with Gasteiger partial charge in [0.25, 0.3) is 0 Å². The number of hydrogen-bond acceptors (Lipinski definition) is 6. The van der Waals surface area contributed by atoms with Crippen molar-refractivity contribution in [2.45, 2.75) is 158 Å². The average Bonchev–Trinajstić information content (AvgIpc) is 3.69. The van der Waals surface area contributed by atoms with Gasteiger partial charge in [-0.1, -0.05) is 67.9 Å². The van der Waals surface area contributed by atoms with Gasteiger partial charge in [-0.15, -0.1) is 0 Å². The number of ketones is 1. The van der Waals surface area contributed by atoms with Gasteiger partial charge in [-0.05, 0) is 134 Å². The van der Waals surface area contributed by atoms with E-state index in [1.807, 2.05) is 13.8 Å². The number of nitrogens with one attached hydrogen (secondary N) is 2. The van der Waals surface area contributed by atoms with E-state index in [4.69, 9.17) is 4.74 Å². The van der Waals surface area contributed by atoms with Gasteiger partial charge in [0, 0.05) is 23.8 Å². The predicted molar refractivity (Wildman–Crippen MR) is 201 cm³/mol. The topological polar surface area (TPSA) is 122 Å². The van der Waals surface area contributed by atoms with E-state index in [0.29, 0.717) is 42.9 Å². The second-order valence-corrected chi connectivity index (χ2v) is 21.0. The quantitative estimate of drug-likeness (QED) is 0.218. The Morgan fingerprint density at radius 1 is 0.865 bits per heavy atom. The van der Waals surface area contributed by atoms with Crippen LogP contribution in [0.1, 0.15) is 146 Å². The number of rotatable bonds is 8. The molecule has 7 rings (SSSR count). The monoisotopic (exact) mass is 721 g/mol. The van der Waals surface area contributed by atoms with Crippen LogP contribution in [0.2, 0.25) is 0 Å². The number of esters is 1. The second kappa shape index (κ2) is 12.7. The third-order valence-corrected chi connectivity index (χ3v) is 17.9. The van der Waals surface area contributed by atoms with E-state index < -0.39 is 17.3 Å². The smallest absolute Gasteiger partial charge is 0.309 e. The summed E-state index contributed by atoms with van der Waals surface area (Å²) in [6, 6.07) is -0.0844. The molecule has 0 spiro atoms. The predicted octanol–water partition coefficient (Wildman–Crippen LogP) is 7.88. The molecule has 0 unspecified atom stereocenters. The fourth-order valence-electron chi connectivity index (χ4n) is 14.7. The van der Waals surface area contributed by atoms with Gasteiger partial charge in [0.2, 0.25) is 5.91 Å². The Hall–Kier alpha value is -2.22. The number of carboxylic acids is 1. The van der Waals surface area contributed by atoms with Gasteiger partial charge in [-0.25, -0.2) is 0 Å². The number of ether oxygens (including phenoxy) is 1. The maximum Gasteiger partial charge on any atom is 0.309 e. The number of allylic oxidation sites excluding steroid dienone is 2.